The van der Waals surface area contributed by atoms with Gasteiger partial charge in [-0.15, -0.1) is 0 Å². The molecule has 0 aliphatic rings. The molecular formula is C9H11ClN4O4. The van der Waals surface area contributed by atoms with Gasteiger partial charge in [0.2, 0.25) is 5.15 Å². The molecule has 18 heavy (non-hydrogen) atoms. The number of nitro groups is 1. The van der Waals surface area contributed by atoms with Gasteiger partial charge in [0.25, 0.3) is 11.8 Å². The highest BCUT2D eigenvalue weighted by molar-refractivity contribution is 6.31. The van der Waals surface area contributed by atoms with E-state index in [1.165, 1.54) is 25.9 Å². The Morgan fingerprint density at radius 3 is 2.61 bits per heavy atom. The smallest absolute Gasteiger partial charge is 0.367 e. The minimum atomic E-state index is -0.753. The largest absolute Gasteiger partial charge is 0.463 e. The highest BCUT2D eigenvalue weighted by atomic mass is 35.5. The zero-order valence-corrected chi connectivity index (χ0v) is 10.8. The number of carbonyl (C=O) groups excluding carboxylic acids is 1. The second-order valence-corrected chi connectivity index (χ2v) is 3.91. The first-order valence-corrected chi connectivity index (χ1v) is 5.22. The lowest BCUT2D eigenvalue weighted by Gasteiger charge is -2.11. The van der Waals surface area contributed by atoms with Gasteiger partial charge in [-0.3, -0.25) is 14.9 Å². The van der Waals surface area contributed by atoms with Crippen molar-refractivity contribution in [2.24, 2.45) is 0 Å². The lowest BCUT2D eigenvalue weighted by Crippen LogP contribution is -2.28. The van der Waals surface area contributed by atoms with Crippen LogP contribution in [0.5, 0.6) is 5.88 Å². The molecule has 0 unspecified atom stereocenters. The van der Waals surface area contributed by atoms with Gasteiger partial charge in [0.1, 0.15) is 5.82 Å². The van der Waals surface area contributed by atoms with Crippen molar-refractivity contribution >= 4 is 23.2 Å². The van der Waals surface area contributed by atoms with Crippen molar-refractivity contribution in [2.75, 3.05) is 20.7 Å². The van der Waals surface area contributed by atoms with Crippen LogP contribution in [0.1, 0.15) is 5.82 Å². The van der Waals surface area contributed by atoms with Crippen LogP contribution in [0, 0.1) is 17.0 Å². The van der Waals surface area contributed by atoms with Gasteiger partial charge in [0.05, 0.1) is 4.92 Å². The first-order valence-electron chi connectivity index (χ1n) is 4.84. The molecule has 1 rings (SSSR count). The molecule has 0 radical (unpaired) electrons. The fraction of sp³-hybridized carbons (Fsp3) is 0.444. The fourth-order valence-electron chi connectivity index (χ4n) is 1.02. The maximum atomic E-state index is 11.3. The molecule has 1 aromatic rings. The molecule has 1 heterocycles. The van der Waals surface area contributed by atoms with Gasteiger partial charge < -0.3 is 9.64 Å². The molecule has 8 nitrogen and oxygen atoms in total. The number of aryl methyl sites for hydroxylation is 1. The Hall–Kier alpha value is -1.96. The Bertz CT molecular complexity index is 492. The summed E-state index contributed by atoms with van der Waals surface area (Å²) in [4.78, 5) is 30.1. The van der Waals surface area contributed by atoms with Crippen LogP contribution >= 0.6 is 11.6 Å². The SMILES string of the molecule is Cc1nc(Cl)c([N+](=O)[O-])c(OCC(=O)N(C)C)n1. The monoisotopic (exact) mass is 274 g/mol. The molecule has 98 valence electrons. The van der Waals surface area contributed by atoms with Crippen molar-refractivity contribution in [2.45, 2.75) is 6.92 Å². The molecule has 1 amide bonds. The molecule has 0 saturated heterocycles. The van der Waals surface area contributed by atoms with E-state index in [2.05, 4.69) is 9.97 Å². The normalized spacial score (nSPS) is 10.0. The zero-order chi connectivity index (χ0) is 13.9. The number of halogens is 1. The number of rotatable bonds is 4. The van der Waals surface area contributed by atoms with E-state index >= 15 is 0 Å². The summed E-state index contributed by atoms with van der Waals surface area (Å²) in [5.41, 5.74) is -0.547. The Balaban J connectivity index is 3.00. The molecule has 0 aromatic carbocycles. The van der Waals surface area contributed by atoms with Crippen molar-refractivity contribution in [3.05, 3.63) is 21.1 Å². The first-order chi connectivity index (χ1) is 8.32. The highest BCUT2D eigenvalue weighted by Gasteiger charge is 2.25. The maximum Gasteiger partial charge on any atom is 0.367 e. The Morgan fingerprint density at radius 2 is 2.11 bits per heavy atom. The summed E-state index contributed by atoms with van der Waals surface area (Å²) in [7, 11) is 3.08. The number of amides is 1. The van der Waals surface area contributed by atoms with Crippen molar-refractivity contribution in [1.29, 1.82) is 0 Å². The molecule has 0 fully saturated rings. The highest BCUT2D eigenvalue weighted by Crippen LogP contribution is 2.31. The summed E-state index contributed by atoms with van der Waals surface area (Å²) in [5, 5.41) is 10.5. The van der Waals surface area contributed by atoms with Crippen molar-refractivity contribution in [3.63, 3.8) is 0 Å². The third kappa shape index (κ3) is 3.27. The number of ether oxygens (including phenoxy) is 1. The number of aromatic nitrogens is 2. The molecule has 1 aromatic heterocycles. The fourth-order valence-corrected chi connectivity index (χ4v) is 1.29. The third-order valence-electron chi connectivity index (χ3n) is 1.94. The van der Waals surface area contributed by atoms with Gasteiger partial charge >= 0.3 is 5.69 Å². The third-order valence-corrected chi connectivity index (χ3v) is 2.20. The molecule has 0 atom stereocenters. The molecule has 0 aliphatic heterocycles. The van der Waals surface area contributed by atoms with Crippen LogP contribution in [0.4, 0.5) is 5.69 Å². The second kappa shape index (κ2) is 5.58. The summed E-state index contributed by atoms with van der Waals surface area (Å²) >= 11 is 5.64. The quantitative estimate of drug-likeness (QED) is 0.458. The van der Waals surface area contributed by atoms with E-state index in [1.807, 2.05) is 0 Å². The van der Waals surface area contributed by atoms with Crippen LogP contribution in [0.25, 0.3) is 0 Å². The second-order valence-electron chi connectivity index (χ2n) is 3.55. The Kier molecular flexibility index (Phi) is 4.38. The molecule has 0 aliphatic carbocycles. The Morgan fingerprint density at radius 1 is 1.50 bits per heavy atom. The standard InChI is InChI=1S/C9H11ClN4O4/c1-5-11-8(10)7(14(16)17)9(12-5)18-4-6(15)13(2)3/h4H2,1-3H3. The first kappa shape index (κ1) is 14.1. The zero-order valence-electron chi connectivity index (χ0n) is 10.0. The topological polar surface area (TPSA) is 98.5 Å². The lowest BCUT2D eigenvalue weighted by molar-refractivity contribution is -0.386. The van der Waals surface area contributed by atoms with Crippen LogP contribution in [-0.2, 0) is 4.79 Å². The molecule has 0 bridgehead atoms. The maximum absolute atomic E-state index is 11.3. The van der Waals surface area contributed by atoms with Crippen LogP contribution in [0.2, 0.25) is 5.15 Å². The summed E-state index contributed by atoms with van der Waals surface area (Å²) < 4.78 is 5.01. The molecule has 0 spiro atoms. The lowest BCUT2D eigenvalue weighted by atomic mass is 10.5. The minimum Gasteiger partial charge on any atom is -0.463 e. The predicted octanol–water partition coefficient (Wildman–Crippen LogP) is 0.814. The van der Waals surface area contributed by atoms with Gasteiger partial charge in [-0.25, -0.2) is 4.98 Å². The molecular weight excluding hydrogens is 264 g/mol. The van der Waals surface area contributed by atoms with E-state index in [4.69, 9.17) is 16.3 Å². The molecule has 9 heteroatoms. The van der Waals surface area contributed by atoms with E-state index in [9.17, 15) is 14.9 Å². The molecule has 0 saturated carbocycles. The van der Waals surface area contributed by atoms with Crippen LogP contribution < -0.4 is 4.74 Å². The number of likely N-dealkylation sites (N-methyl/N-ethyl adjacent to an activating group) is 1. The van der Waals surface area contributed by atoms with Gasteiger partial charge in [0, 0.05) is 14.1 Å². The molecule has 0 N–H and O–H groups in total. The number of hydrogen-bond donors (Lipinski definition) is 0. The van der Waals surface area contributed by atoms with Crippen LogP contribution in [0.15, 0.2) is 0 Å². The summed E-state index contributed by atoms with van der Waals surface area (Å²) in [6.07, 6.45) is 0. The number of carbonyl (C=O) groups is 1. The van der Waals surface area contributed by atoms with E-state index in [1.54, 1.807) is 0 Å². The summed E-state index contributed by atoms with van der Waals surface area (Å²) in [6.45, 7) is 1.15. The van der Waals surface area contributed by atoms with Gasteiger partial charge in [-0.1, -0.05) is 11.6 Å². The number of hydrogen-bond acceptors (Lipinski definition) is 6. The van der Waals surface area contributed by atoms with Gasteiger partial charge in [-0.2, -0.15) is 4.98 Å². The van der Waals surface area contributed by atoms with Crippen molar-refractivity contribution in [3.8, 4) is 5.88 Å². The summed E-state index contributed by atoms with van der Waals surface area (Å²) in [5.74, 6) is -0.442. The van der Waals surface area contributed by atoms with E-state index in [0.717, 1.165) is 0 Å². The van der Waals surface area contributed by atoms with E-state index in [-0.39, 0.29) is 29.4 Å². The van der Waals surface area contributed by atoms with E-state index in [0.29, 0.717) is 0 Å². The van der Waals surface area contributed by atoms with Gasteiger partial charge in [0.15, 0.2) is 6.61 Å². The van der Waals surface area contributed by atoms with Gasteiger partial charge in [-0.05, 0) is 6.92 Å². The van der Waals surface area contributed by atoms with Crippen LogP contribution in [0.3, 0.4) is 0 Å². The van der Waals surface area contributed by atoms with Crippen molar-refractivity contribution in [1.82, 2.24) is 14.9 Å². The average Bonchev–Trinajstić information content (AvgIpc) is 2.23. The average molecular weight is 275 g/mol. The number of nitrogens with zero attached hydrogens (tertiary/aromatic N) is 4. The van der Waals surface area contributed by atoms with Crippen LogP contribution in [-0.4, -0.2) is 46.4 Å². The minimum absolute atomic E-state index is 0.220. The Labute approximate surface area is 108 Å². The van der Waals surface area contributed by atoms with E-state index < -0.39 is 10.6 Å². The van der Waals surface area contributed by atoms with Crippen molar-refractivity contribution < 1.29 is 14.5 Å². The predicted molar refractivity (Wildman–Crippen MR) is 62.6 cm³/mol. The summed E-state index contributed by atoms with van der Waals surface area (Å²) in [6, 6.07) is 0.